The molecule has 0 saturated carbocycles. The molecule has 1 amide bonds. The second-order valence-electron chi connectivity index (χ2n) is 5.23. The van der Waals surface area contributed by atoms with Crippen molar-refractivity contribution in [3.8, 4) is 0 Å². The van der Waals surface area contributed by atoms with Crippen molar-refractivity contribution in [2.45, 2.75) is 51.2 Å². The van der Waals surface area contributed by atoms with Crippen LogP contribution in [0.25, 0.3) is 0 Å². The molecule has 1 heterocycles. The third-order valence-electron chi connectivity index (χ3n) is 3.63. The molecule has 22 heavy (non-hydrogen) atoms. The van der Waals surface area contributed by atoms with Gasteiger partial charge in [-0.1, -0.05) is 0 Å². The van der Waals surface area contributed by atoms with E-state index >= 15 is 0 Å². The van der Waals surface area contributed by atoms with Crippen molar-refractivity contribution in [2.75, 3.05) is 18.9 Å². The van der Waals surface area contributed by atoms with Crippen molar-refractivity contribution in [2.24, 2.45) is 0 Å². The van der Waals surface area contributed by atoms with Crippen LogP contribution in [0.4, 0.5) is 0 Å². The highest BCUT2D eigenvalue weighted by atomic mass is 32.1. The number of rotatable bonds is 8. The fourth-order valence-corrected chi connectivity index (χ4v) is 2.81. The van der Waals surface area contributed by atoms with E-state index in [1.165, 1.54) is 4.90 Å². The van der Waals surface area contributed by atoms with Gasteiger partial charge in [0.25, 0.3) is 0 Å². The third-order valence-corrected chi connectivity index (χ3v) is 3.89. The molecule has 7 nitrogen and oxygen atoms in total. The predicted molar refractivity (Wildman–Crippen MR) is 83.9 cm³/mol. The van der Waals surface area contributed by atoms with Crippen molar-refractivity contribution >= 4 is 30.5 Å². The quantitative estimate of drug-likeness (QED) is 0.437. The van der Waals surface area contributed by atoms with Crippen molar-refractivity contribution < 1.29 is 24.2 Å². The average molecular weight is 332 g/mol. The van der Waals surface area contributed by atoms with Crippen LogP contribution in [0.3, 0.4) is 0 Å². The molecule has 0 aliphatic carbocycles. The first-order valence-electron chi connectivity index (χ1n) is 7.49. The highest BCUT2D eigenvalue weighted by Gasteiger charge is 2.36. The Morgan fingerprint density at radius 1 is 1.45 bits per heavy atom. The van der Waals surface area contributed by atoms with Gasteiger partial charge in [-0.15, -0.1) is 0 Å². The minimum absolute atomic E-state index is 0.263. The number of aliphatic carboxylic acids is 1. The molecule has 0 spiro atoms. The maximum atomic E-state index is 12.4. The van der Waals surface area contributed by atoms with Crippen LogP contribution in [0.5, 0.6) is 0 Å². The van der Waals surface area contributed by atoms with Gasteiger partial charge in [0.1, 0.15) is 12.1 Å². The zero-order chi connectivity index (χ0) is 16.7. The molecule has 1 aliphatic heterocycles. The number of thiol groups is 1. The van der Waals surface area contributed by atoms with E-state index in [4.69, 9.17) is 9.84 Å². The number of carboxylic acids is 1. The van der Waals surface area contributed by atoms with Gasteiger partial charge in [-0.05, 0) is 38.9 Å². The number of nitrogens with one attached hydrogen (secondary N) is 1. The fraction of sp³-hybridized carbons (Fsp3) is 0.786. The zero-order valence-corrected chi connectivity index (χ0v) is 13.8. The van der Waals surface area contributed by atoms with Crippen molar-refractivity contribution in [1.82, 2.24) is 10.2 Å². The van der Waals surface area contributed by atoms with Gasteiger partial charge in [0.05, 0.1) is 12.6 Å². The van der Waals surface area contributed by atoms with Gasteiger partial charge in [-0.2, -0.15) is 12.6 Å². The average Bonchev–Trinajstić information content (AvgIpc) is 2.95. The van der Waals surface area contributed by atoms with E-state index in [2.05, 4.69) is 17.9 Å². The second kappa shape index (κ2) is 8.99. The number of carbonyl (C=O) groups excluding carboxylic acids is 2. The molecule has 0 bridgehead atoms. The summed E-state index contributed by atoms with van der Waals surface area (Å²) in [6, 6.07) is -2.06. The van der Waals surface area contributed by atoms with E-state index in [9.17, 15) is 14.4 Å². The van der Waals surface area contributed by atoms with E-state index in [0.29, 0.717) is 31.6 Å². The van der Waals surface area contributed by atoms with Crippen LogP contribution in [-0.4, -0.2) is 64.9 Å². The first-order valence-corrected chi connectivity index (χ1v) is 8.12. The lowest BCUT2D eigenvalue weighted by atomic mass is 10.1. The first kappa shape index (κ1) is 18.8. The van der Waals surface area contributed by atoms with Gasteiger partial charge in [0.15, 0.2) is 0 Å². The summed E-state index contributed by atoms with van der Waals surface area (Å²) in [5.74, 6) is -1.25. The monoisotopic (exact) mass is 332 g/mol. The zero-order valence-electron chi connectivity index (χ0n) is 12.9. The Hall–Kier alpha value is -1.28. The van der Waals surface area contributed by atoms with E-state index < -0.39 is 30.1 Å². The molecule has 8 heteroatoms. The lowest BCUT2D eigenvalue weighted by molar-refractivity contribution is -0.150. The van der Waals surface area contributed by atoms with Gasteiger partial charge in [0.2, 0.25) is 5.91 Å². The fourth-order valence-electron chi connectivity index (χ4n) is 2.55. The van der Waals surface area contributed by atoms with Crippen LogP contribution in [0, 0.1) is 0 Å². The van der Waals surface area contributed by atoms with Crippen LogP contribution in [0.2, 0.25) is 0 Å². The molecule has 0 radical (unpaired) electrons. The topological polar surface area (TPSA) is 95.9 Å². The lowest BCUT2D eigenvalue weighted by Crippen LogP contribution is -2.53. The van der Waals surface area contributed by atoms with Crippen LogP contribution in [0.1, 0.15) is 33.1 Å². The molecular formula is C14H24N2O5S. The summed E-state index contributed by atoms with van der Waals surface area (Å²) in [4.78, 5) is 36.8. The number of amides is 1. The number of carboxylic acid groups (broad SMARTS) is 1. The number of carbonyl (C=O) groups is 3. The van der Waals surface area contributed by atoms with Crippen LogP contribution < -0.4 is 5.32 Å². The summed E-state index contributed by atoms with van der Waals surface area (Å²) in [5.41, 5.74) is 0. The highest BCUT2D eigenvalue weighted by Crippen LogP contribution is 2.18. The van der Waals surface area contributed by atoms with Gasteiger partial charge in [-0.3, -0.25) is 14.9 Å². The molecule has 0 aromatic carbocycles. The van der Waals surface area contributed by atoms with Crippen molar-refractivity contribution in [1.29, 1.82) is 0 Å². The predicted octanol–water partition coefficient (Wildman–Crippen LogP) is 0.292. The molecule has 2 unspecified atom stereocenters. The molecule has 0 aromatic rings. The molecule has 1 fully saturated rings. The Morgan fingerprint density at radius 2 is 2.14 bits per heavy atom. The van der Waals surface area contributed by atoms with E-state index in [-0.39, 0.29) is 12.5 Å². The Kier molecular flexibility index (Phi) is 7.67. The maximum absolute atomic E-state index is 12.4. The number of nitrogens with zero attached hydrogens (tertiary/aromatic N) is 1. The number of hydrogen-bond donors (Lipinski definition) is 3. The van der Waals surface area contributed by atoms with Crippen molar-refractivity contribution in [3.63, 3.8) is 0 Å². The van der Waals surface area contributed by atoms with Gasteiger partial charge in [-0.25, -0.2) is 4.79 Å². The normalized spacial score (nSPS) is 20.5. The Balaban J connectivity index is 2.68. The minimum Gasteiger partial charge on any atom is -0.480 e. The molecule has 1 saturated heterocycles. The van der Waals surface area contributed by atoms with E-state index in [1.807, 2.05) is 0 Å². The molecule has 0 aromatic heterocycles. The molecule has 126 valence electrons. The summed E-state index contributed by atoms with van der Waals surface area (Å²) in [6.07, 6.45) is 1.57. The SMILES string of the molecule is CCOC(=O)C(CCS)NC(C)C(=O)N1CCC[C@H]1C(=O)O. The lowest BCUT2D eigenvalue weighted by Gasteiger charge is -2.27. The van der Waals surface area contributed by atoms with Gasteiger partial charge < -0.3 is 14.7 Å². The van der Waals surface area contributed by atoms with Gasteiger partial charge in [0, 0.05) is 6.54 Å². The number of ether oxygens (including phenoxy) is 1. The van der Waals surface area contributed by atoms with Crippen LogP contribution in [0.15, 0.2) is 0 Å². The smallest absolute Gasteiger partial charge is 0.326 e. The largest absolute Gasteiger partial charge is 0.480 e. The summed E-state index contributed by atoms with van der Waals surface area (Å²) >= 11 is 4.10. The molecular weight excluding hydrogens is 308 g/mol. The summed E-state index contributed by atoms with van der Waals surface area (Å²) in [6.45, 7) is 4.04. The Morgan fingerprint density at radius 3 is 2.68 bits per heavy atom. The molecule has 1 rings (SSSR count). The maximum Gasteiger partial charge on any atom is 0.326 e. The summed E-state index contributed by atoms with van der Waals surface area (Å²) in [7, 11) is 0. The van der Waals surface area contributed by atoms with E-state index in [0.717, 1.165) is 0 Å². The number of likely N-dealkylation sites (tertiary alicyclic amines) is 1. The van der Waals surface area contributed by atoms with Crippen LogP contribution >= 0.6 is 12.6 Å². The van der Waals surface area contributed by atoms with Crippen molar-refractivity contribution in [3.05, 3.63) is 0 Å². The van der Waals surface area contributed by atoms with E-state index in [1.54, 1.807) is 13.8 Å². The number of esters is 1. The third kappa shape index (κ3) is 4.88. The van der Waals surface area contributed by atoms with Crippen LogP contribution in [-0.2, 0) is 19.1 Å². The highest BCUT2D eigenvalue weighted by molar-refractivity contribution is 7.80. The summed E-state index contributed by atoms with van der Waals surface area (Å²) in [5, 5.41) is 12.1. The minimum atomic E-state index is -0.990. The standard InChI is InChI=1S/C14H24N2O5S/c1-3-21-14(20)10(6-8-22)15-9(2)12(17)16-7-4-5-11(16)13(18)19/h9-11,15,22H,3-8H2,1-2H3,(H,18,19)/t9?,10?,11-/m0/s1. The summed E-state index contributed by atoms with van der Waals surface area (Å²) < 4.78 is 4.97. The number of hydrogen-bond acceptors (Lipinski definition) is 6. The molecule has 2 N–H and O–H groups in total. The first-order chi connectivity index (χ1) is 10.4. The van der Waals surface area contributed by atoms with Gasteiger partial charge >= 0.3 is 11.9 Å². The Bertz CT molecular complexity index is 418. The molecule has 1 aliphatic rings. The molecule has 3 atom stereocenters. The second-order valence-corrected chi connectivity index (χ2v) is 5.68. The Labute approximate surface area is 135 Å².